The Kier molecular flexibility index (Phi) is 3.74. The molecule has 21 heavy (non-hydrogen) atoms. The normalized spacial score (nSPS) is 20.8. The number of fused-ring (bicyclic) bond motifs is 1. The highest BCUT2D eigenvalue weighted by Gasteiger charge is 2.36. The third-order valence-electron chi connectivity index (χ3n) is 4.47. The molecule has 3 nitrogen and oxygen atoms in total. The summed E-state index contributed by atoms with van der Waals surface area (Å²) in [5.74, 6) is -0.0411. The highest BCUT2D eigenvalue weighted by molar-refractivity contribution is 9.10. The fourth-order valence-corrected chi connectivity index (χ4v) is 4.88. The van der Waals surface area contributed by atoms with Gasteiger partial charge in [-0.2, -0.15) is 0 Å². The van der Waals surface area contributed by atoms with Gasteiger partial charge in [-0.25, -0.2) is 0 Å². The van der Waals surface area contributed by atoms with Gasteiger partial charge in [0.1, 0.15) is 4.88 Å². The number of nitrogen functional groups attached to an aromatic ring is 1. The van der Waals surface area contributed by atoms with Gasteiger partial charge in [0.2, 0.25) is 0 Å². The zero-order valence-corrected chi connectivity index (χ0v) is 14.6. The second-order valence-electron chi connectivity index (χ2n) is 6.36. The average Bonchev–Trinajstić information content (AvgIpc) is 2.92. The minimum absolute atomic E-state index is 0.0411. The van der Waals surface area contributed by atoms with E-state index in [1.807, 2.05) is 18.2 Å². The molecule has 1 aromatic carbocycles. The lowest BCUT2D eigenvalue weighted by atomic mass is 9.87. The topological polar surface area (TPSA) is 55.1 Å². The Labute approximate surface area is 137 Å². The van der Waals surface area contributed by atoms with Crippen molar-refractivity contribution >= 4 is 48.9 Å². The van der Waals surface area contributed by atoms with Crippen LogP contribution in [0.25, 0.3) is 10.1 Å². The van der Waals surface area contributed by atoms with Gasteiger partial charge in [-0.05, 0) is 30.4 Å². The van der Waals surface area contributed by atoms with E-state index >= 15 is 0 Å². The van der Waals surface area contributed by atoms with Crippen LogP contribution in [0.3, 0.4) is 0 Å². The van der Waals surface area contributed by atoms with Crippen LogP contribution >= 0.6 is 27.3 Å². The van der Waals surface area contributed by atoms with Crippen molar-refractivity contribution in [3.05, 3.63) is 27.5 Å². The molecule has 1 aromatic heterocycles. The summed E-state index contributed by atoms with van der Waals surface area (Å²) in [4.78, 5) is 13.2. The highest BCUT2D eigenvalue weighted by atomic mass is 79.9. The average molecular weight is 367 g/mol. The van der Waals surface area contributed by atoms with Crippen molar-refractivity contribution in [3.63, 3.8) is 0 Å². The molecule has 3 N–H and O–H groups in total. The predicted molar refractivity (Wildman–Crippen MR) is 92.8 cm³/mol. The summed E-state index contributed by atoms with van der Waals surface area (Å²) in [6, 6.07) is 6.15. The summed E-state index contributed by atoms with van der Waals surface area (Å²) >= 11 is 4.97. The zero-order chi connectivity index (χ0) is 15.2. The van der Waals surface area contributed by atoms with Crippen LogP contribution in [0, 0.1) is 5.41 Å². The van der Waals surface area contributed by atoms with Crippen molar-refractivity contribution in [2.75, 3.05) is 5.73 Å². The molecule has 1 heterocycles. The molecule has 1 aliphatic rings. The monoisotopic (exact) mass is 366 g/mol. The number of nitrogens with one attached hydrogen (secondary N) is 1. The van der Waals surface area contributed by atoms with Gasteiger partial charge in [0.05, 0.1) is 5.69 Å². The Morgan fingerprint density at radius 1 is 1.48 bits per heavy atom. The van der Waals surface area contributed by atoms with Crippen LogP contribution in [0.4, 0.5) is 5.69 Å². The molecule has 5 heteroatoms. The van der Waals surface area contributed by atoms with Crippen LogP contribution in [0.15, 0.2) is 22.7 Å². The molecule has 0 bridgehead atoms. The first kappa shape index (κ1) is 14.9. The highest BCUT2D eigenvalue weighted by Crippen LogP contribution is 2.40. The summed E-state index contributed by atoms with van der Waals surface area (Å²) in [5, 5.41) is 4.13. The van der Waals surface area contributed by atoms with Crippen molar-refractivity contribution in [1.82, 2.24) is 5.32 Å². The second kappa shape index (κ2) is 5.29. The molecule has 3 rings (SSSR count). The van der Waals surface area contributed by atoms with E-state index in [0.29, 0.717) is 10.6 Å². The molecule has 1 amide bonds. The van der Waals surface area contributed by atoms with Crippen LogP contribution in [-0.4, -0.2) is 11.9 Å². The van der Waals surface area contributed by atoms with Gasteiger partial charge in [0.25, 0.3) is 5.91 Å². The first-order valence-corrected chi connectivity index (χ1v) is 8.78. The number of carbonyl (C=O) groups is 1. The van der Waals surface area contributed by atoms with Crippen molar-refractivity contribution in [1.29, 1.82) is 0 Å². The predicted octanol–water partition coefficient (Wildman–Crippen LogP) is 4.55. The van der Waals surface area contributed by atoms with Crippen LogP contribution in [0.5, 0.6) is 0 Å². The van der Waals surface area contributed by atoms with Crippen LogP contribution < -0.4 is 11.1 Å². The fourth-order valence-electron chi connectivity index (χ4n) is 3.12. The van der Waals surface area contributed by atoms with Crippen molar-refractivity contribution in [2.24, 2.45) is 5.41 Å². The summed E-state index contributed by atoms with van der Waals surface area (Å²) in [6.45, 7) is 4.44. The van der Waals surface area contributed by atoms with Crippen molar-refractivity contribution < 1.29 is 4.79 Å². The molecule has 2 aromatic rings. The molecule has 1 atom stereocenters. The van der Waals surface area contributed by atoms with Crippen LogP contribution in [0.1, 0.15) is 42.8 Å². The van der Waals surface area contributed by atoms with Gasteiger partial charge in [-0.15, -0.1) is 11.3 Å². The first-order valence-electron chi connectivity index (χ1n) is 7.17. The standard InChI is InChI=1S/C16H19BrN2OS/c1-16(2)8-4-7-11(16)19-15(20)14-13(18)12-9(17)5-3-6-10(12)21-14/h3,5-6,11H,4,7-8,18H2,1-2H3,(H,19,20). The summed E-state index contributed by atoms with van der Waals surface area (Å²) < 4.78 is 1.98. The van der Waals surface area contributed by atoms with E-state index < -0.39 is 0 Å². The zero-order valence-electron chi connectivity index (χ0n) is 12.2. The van der Waals surface area contributed by atoms with Crippen LogP contribution in [0.2, 0.25) is 0 Å². The summed E-state index contributed by atoms with van der Waals surface area (Å²) in [6.07, 6.45) is 3.38. The van der Waals surface area contributed by atoms with Gasteiger partial charge in [0, 0.05) is 20.6 Å². The number of amides is 1. The number of rotatable bonds is 2. The number of benzene rings is 1. The largest absolute Gasteiger partial charge is 0.397 e. The summed E-state index contributed by atoms with van der Waals surface area (Å²) in [7, 11) is 0. The SMILES string of the molecule is CC1(C)CCCC1NC(=O)c1sc2cccc(Br)c2c1N. The Morgan fingerprint density at radius 2 is 2.24 bits per heavy atom. The molecule has 1 aliphatic carbocycles. The quantitative estimate of drug-likeness (QED) is 0.818. The Bertz CT molecular complexity index is 708. The molecule has 0 spiro atoms. The van der Waals surface area contributed by atoms with E-state index in [2.05, 4.69) is 35.1 Å². The van der Waals surface area contributed by atoms with E-state index in [1.54, 1.807) is 0 Å². The number of halogens is 1. The molecule has 0 aliphatic heterocycles. The smallest absolute Gasteiger partial charge is 0.263 e. The third kappa shape index (κ3) is 2.57. The van der Waals surface area contributed by atoms with Gasteiger partial charge >= 0.3 is 0 Å². The fraction of sp³-hybridized carbons (Fsp3) is 0.438. The molecule has 1 unspecified atom stereocenters. The summed E-state index contributed by atoms with van der Waals surface area (Å²) in [5.41, 5.74) is 6.95. The Balaban J connectivity index is 1.92. The number of thiophene rings is 1. The number of hydrogen-bond donors (Lipinski definition) is 2. The van der Waals surface area contributed by atoms with Crippen LogP contribution in [-0.2, 0) is 0 Å². The van der Waals surface area contributed by atoms with E-state index in [0.717, 1.165) is 27.4 Å². The molecule has 0 saturated heterocycles. The number of hydrogen-bond acceptors (Lipinski definition) is 3. The van der Waals surface area contributed by atoms with E-state index in [9.17, 15) is 4.79 Å². The van der Waals surface area contributed by atoms with Gasteiger partial charge < -0.3 is 11.1 Å². The number of carbonyl (C=O) groups excluding carboxylic acids is 1. The van der Waals surface area contributed by atoms with Crippen molar-refractivity contribution in [3.8, 4) is 0 Å². The second-order valence-corrected chi connectivity index (χ2v) is 8.27. The number of anilines is 1. The maximum atomic E-state index is 12.6. The minimum atomic E-state index is -0.0411. The Morgan fingerprint density at radius 3 is 2.86 bits per heavy atom. The lowest BCUT2D eigenvalue weighted by Crippen LogP contribution is -2.41. The minimum Gasteiger partial charge on any atom is -0.397 e. The molecule has 112 valence electrons. The Hall–Kier alpha value is -1.07. The van der Waals surface area contributed by atoms with Crippen molar-refractivity contribution in [2.45, 2.75) is 39.2 Å². The molecule has 1 saturated carbocycles. The molecular formula is C16H19BrN2OS. The van der Waals surface area contributed by atoms with E-state index in [-0.39, 0.29) is 17.4 Å². The third-order valence-corrected chi connectivity index (χ3v) is 6.30. The van der Waals surface area contributed by atoms with Gasteiger partial charge in [-0.3, -0.25) is 4.79 Å². The molecule has 0 radical (unpaired) electrons. The van der Waals surface area contributed by atoms with Gasteiger partial charge in [0.15, 0.2) is 0 Å². The molecular weight excluding hydrogens is 348 g/mol. The molecule has 1 fully saturated rings. The first-order chi connectivity index (χ1) is 9.90. The van der Waals surface area contributed by atoms with E-state index in [1.165, 1.54) is 17.8 Å². The number of nitrogens with two attached hydrogens (primary N) is 1. The maximum Gasteiger partial charge on any atom is 0.263 e. The van der Waals surface area contributed by atoms with Gasteiger partial charge in [-0.1, -0.05) is 42.3 Å². The lowest BCUT2D eigenvalue weighted by molar-refractivity contribution is 0.0915. The lowest BCUT2D eigenvalue weighted by Gasteiger charge is -2.27. The van der Waals surface area contributed by atoms with E-state index in [4.69, 9.17) is 5.73 Å². The maximum absolute atomic E-state index is 12.6.